The zero-order valence-corrected chi connectivity index (χ0v) is 24.9. The van der Waals surface area contributed by atoms with Gasteiger partial charge in [0.1, 0.15) is 11.6 Å². The van der Waals surface area contributed by atoms with Crippen molar-refractivity contribution in [2.45, 2.75) is 59.3 Å². The SMILES string of the molecule is CCCc1nc(C)c2c(=O)[nH]c(-c3cc(S(=O)(=O)N(CCNCC)CCN(CC)CC)ccc3OCC)nn12. The molecule has 11 nitrogen and oxygen atoms in total. The van der Waals surface area contributed by atoms with Gasteiger partial charge in [0.2, 0.25) is 10.0 Å². The van der Waals surface area contributed by atoms with Crippen molar-refractivity contribution < 1.29 is 13.2 Å². The molecule has 0 aliphatic rings. The van der Waals surface area contributed by atoms with Crippen LogP contribution in [-0.2, 0) is 16.4 Å². The van der Waals surface area contributed by atoms with Crippen LogP contribution < -0.4 is 15.6 Å². The first-order valence-electron chi connectivity index (χ1n) is 13.9. The number of aromatic nitrogens is 4. The molecule has 0 bridgehead atoms. The fraction of sp³-hybridized carbons (Fsp3) is 0.593. The third-order valence-corrected chi connectivity index (χ3v) is 8.60. The van der Waals surface area contributed by atoms with Crippen molar-refractivity contribution in [1.82, 2.24) is 34.1 Å². The second-order valence-electron chi connectivity index (χ2n) is 9.30. The van der Waals surface area contributed by atoms with Gasteiger partial charge in [0.15, 0.2) is 11.3 Å². The predicted octanol–water partition coefficient (Wildman–Crippen LogP) is 2.69. The molecule has 1 aromatic carbocycles. The van der Waals surface area contributed by atoms with Crippen LogP contribution in [0.25, 0.3) is 16.9 Å². The van der Waals surface area contributed by atoms with Crippen molar-refractivity contribution in [3.05, 3.63) is 40.1 Å². The highest BCUT2D eigenvalue weighted by Gasteiger charge is 2.27. The average Bonchev–Trinajstić information content (AvgIpc) is 3.23. The fourth-order valence-electron chi connectivity index (χ4n) is 4.55. The van der Waals surface area contributed by atoms with E-state index in [-0.39, 0.29) is 16.3 Å². The lowest BCUT2D eigenvalue weighted by molar-refractivity contribution is 0.270. The quantitative estimate of drug-likeness (QED) is 0.256. The van der Waals surface area contributed by atoms with Gasteiger partial charge in [-0.25, -0.2) is 17.9 Å². The summed E-state index contributed by atoms with van der Waals surface area (Å²) in [5.41, 5.74) is 1.05. The van der Waals surface area contributed by atoms with E-state index in [1.165, 1.54) is 4.31 Å². The van der Waals surface area contributed by atoms with Gasteiger partial charge in [0.25, 0.3) is 5.56 Å². The van der Waals surface area contributed by atoms with Gasteiger partial charge in [0, 0.05) is 32.6 Å². The molecule has 12 heteroatoms. The van der Waals surface area contributed by atoms with Gasteiger partial charge in [-0.2, -0.15) is 4.31 Å². The van der Waals surface area contributed by atoms with Crippen LogP contribution in [0.5, 0.6) is 5.75 Å². The lowest BCUT2D eigenvalue weighted by Crippen LogP contribution is -2.42. The third-order valence-electron chi connectivity index (χ3n) is 6.71. The summed E-state index contributed by atoms with van der Waals surface area (Å²) in [4.78, 5) is 22.8. The van der Waals surface area contributed by atoms with E-state index in [9.17, 15) is 13.2 Å². The highest BCUT2D eigenvalue weighted by atomic mass is 32.2. The smallest absolute Gasteiger partial charge is 0.277 e. The molecule has 0 fully saturated rings. The molecular weight excluding hydrogens is 518 g/mol. The van der Waals surface area contributed by atoms with Crippen molar-refractivity contribution in [3.8, 4) is 17.1 Å². The Morgan fingerprint density at radius 1 is 1.08 bits per heavy atom. The van der Waals surface area contributed by atoms with Crippen LogP contribution in [0.4, 0.5) is 0 Å². The summed E-state index contributed by atoms with van der Waals surface area (Å²) >= 11 is 0. The Kier molecular flexibility index (Phi) is 11.0. The first kappa shape index (κ1) is 30.7. The number of rotatable bonds is 16. The second-order valence-corrected chi connectivity index (χ2v) is 11.2. The summed E-state index contributed by atoms with van der Waals surface area (Å²) < 4.78 is 36.8. The van der Waals surface area contributed by atoms with E-state index in [0.29, 0.717) is 67.6 Å². The van der Waals surface area contributed by atoms with Crippen LogP contribution >= 0.6 is 0 Å². The Morgan fingerprint density at radius 2 is 1.82 bits per heavy atom. The number of fused-ring (bicyclic) bond motifs is 1. The molecule has 0 amide bonds. The molecule has 2 aromatic heterocycles. The standard InChI is InChI=1S/C27H43N7O4S/c1-7-12-24-29-20(6)25-27(35)30-26(31-34(24)25)22-19-21(13-14-23(22)38-11-5)39(36,37)33(16-15-28-8-2)18-17-32(9-3)10-4/h13-14,19,28H,7-12,15-18H2,1-6H3,(H,30,31,35). The van der Waals surface area contributed by atoms with Gasteiger partial charge in [-0.1, -0.05) is 27.7 Å². The number of sulfonamides is 1. The topological polar surface area (TPSA) is 125 Å². The molecule has 2 heterocycles. The molecule has 0 aliphatic carbocycles. The molecule has 0 saturated carbocycles. The Balaban J connectivity index is 2.11. The van der Waals surface area contributed by atoms with Crippen LogP contribution in [0.15, 0.2) is 27.9 Å². The lowest BCUT2D eigenvalue weighted by atomic mass is 10.2. The Hall–Kier alpha value is -2.80. The van der Waals surface area contributed by atoms with Crippen LogP contribution in [0.1, 0.15) is 52.6 Å². The minimum absolute atomic E-state index is 0.121. The molecule has 216 valence electrons. The van der Waals surface area contributed by atoms with E-state index < -0.39 is 10.0 Å². The normalized spacial score (nSPS) is 12.2. The number of ether oxygens (including phenoxy) is 1. The Labute approximate surface area is 231 Å². The molecular formula is C27H43N7O4S. The monoisotopic (exact) mass is 561 g/mol. The zero-order chi connectivity index (χ0) is 28.6. The maximum atomic E-state index is 13.9. The number of imidazole rings is 1. The fourth-order valence-corrected chi connectivity index (χ4v) is 6.01. The van der Waals surface area contributed by atoms with Crippen LogP contribution in [0.3, 0.4) is 0 Å². The van der Waals surface area contributed by atoms with Crippen molar-refractivity contribution in [1.29, 1.82) is 0 Å². The number of aromatic amines is 1. The molecule has 3 aromatic rings. The summed E-state index contributed by atoms with van der Waals surface area (Å²) in [7, 11) is -3.85. The molecule has 0 atom stereocenters. The van der Waals surface area contributed by atoms with E-state index in [4.69, 9.17) is 9.84 Å². The number of aryl methyl sites for hydroxylation is 2. The summed E-state index contributed by atoms with van der Waals surface area (Å²) in [6, 6.07) is 4.74. The molecule has 0 unspecified atom stereocenters. The molecule has 3 rings (SSSR count). The van der Waals surface area contributed by atoms with Gasteiger partial charge >= 0.3 is 0 Å². The second kappa shape index (κ2) is 14.0. The molecule has 0 saturated heterocycles. The maximum absolute atomic E-state index is 13.9. The summed E-state index contributed by atoms with van der Waals surface area (Å²) in [6.07, 6.45) is 1.50. The lowest BCUT2D eigenvalue weighted by Gasteiger charge is -2.26. The third kappa shape index (κ3) is 7.05. The van der Waals surface area contributed by atoms with Crippen molar-refractivity contribution in [2.75, 3.05) is 52.4 Å². The summed E-state index contributed by atoms with van der Waals surface area (Å²) in [5, 5.41) is 7.92. The molecule has 0 radical (unpaired) electrons. The van der Waals surface area contributed by atoms with Crippen molar-refractivity contribution in [3.63, 3.8) is 0 Å². The zero-order valence-electron chi connectivity index (χ0n) is 24.1. The van der Waals surface area contributed by atoms with Crippen molar-refractivity contribution >= 4 is 15.5 Å². The van der Waals surface area contributed by atoms with E-state index in [2.05, 4.69) is 34.0 Å². The summed E-state index contributed by atoms with van der Waals surface area (Å²) in [5.74, 6) is 1.35. The number of benzene rings is 1. The highest BCUT2D eigenvalue weighted by molar-refractivity contribution is 7.89. The number of nitrogens with zero attached hydrogens (tertiary/aromatic N) is 5. The van der Waals surface area contributed by atoms with E-state index in [0.717, 1.165) is 26.1 Å². The molecule has 39 heavy (non-hydrogen) atoms. The Bertz CT molecular complexity index is 1400. The maximum Gasteiger partial charge on any atom is 0.277 e. The minimum Gasteiger partial charge on any atom is -0.493 e. The van der Waals surface area contributed by atoms with Crippen LogP contribution in [0.2, 0.25) is 0 Å². The average molecular weight is 562 g/mol. The number of hydrogen-bond donors (Lipinski definition) is 2. The van der Waals surface area contributed by atoms with Crippen molar-refractivity contribution in [2.24, 2.45) is 0 Å². The van der Waals surface area contributed by atoms with Gasteiger partial charge in [-0.3, -0.25) is 4.79 Å². The number of hydrogen-bond acceptors (Lipinski definition) is 8. The molecule has 0 aliphatic heterocycles. The van der Waals surface area contributed by atoms with Crippen LogP contribution in [-0.4, -0.2) is 89.6 Å². The highest BCUT2D eigenvalue weighted by Crippen LogP contribution is 2.31. The largest absolute Gasteiger partial charge is 0.493 e. The van der Waals surface area contributed by atoms with E-state index >= 15 is 0 Å². The number of H-pyrrole nitrogens is 1. The molecule has 2 N–H and O–H groups in total. The van der Waals surface area contributed by atoms with Gasteiger partial charge in [-0.15, -0.1) is 5.10 Å². The van der Waals surface area contributed by atoms with Gasteiger partial charge < -0.3 is 19.9 Å². The van der Waals surface area contributed by atoms with E-state index in [1.807, 2.05) is 20.8 Å². The first-order valence-corrected chi connectivity index (χ1v) is 15.3. The molecule has 0 spiro atoms. The van der Waals surface area contributed by atoms with Gasteiger partial charge in [0.05, 0.1) is 22.8 Å². The Morgan fingerprint density at radius 3 is 2.46 bits per heavy atom. The first-order chi connectivity index (χ1) is 18.7. The van der Waals surface area contributed by atoms with Gasteiger partial charge in [-0.05, 0) is 58.1 Å². The number of likely N-dealkylation sites (N-methyl/N-ethyl adjacent to an activating group) is 2. The van der Waals surface area contributed by atoms with Crippen LogP contribution in [0, 0.1) is 6.92 Å². The van der Waals surface area contributed by atoms with E-state index in [1.54, 1.807) is 29.6 Å². The summed E-state index contributed by atoms with van der Waals surface area (Å²) in [6.45, 7) is 16.5. The predicted molar refractivity (Wildman–Crippen MR) is 154 cm³/mol. The number of nitrogens with one attached hydrogen (secondary N) is 2. The minimum atomic E-state index is -3.85.